The minimum absolute atomic E-state index is 0.129. The number of anilines is 1. The zero-order chi connectivity index (χ0) is 22.5. The highest BCUT2D eigenvalue weighted by Gasteiger charge is 2.67. The number of aryl methyl sites for hydroxylation is 2. The van der Waals surface area contributed by atoms with E-state index in [-0.39, 0.29) is 24.5 Å². The second kappa shape index (κ2) is 8.03. The molecule has 0 radical (unpaired) electrons. The van der Waals surface area contributed by atoms with E-state index < -0.39 is 29.5 Å². The minimum Gasteiger partial charge on any atom is -0.455 e. The molecule has 1 aromatic rings. The molecule has 1 spiro atoms. The minimum atomic E-state index is -0.812. The van der Waals surface area contributed by atoms with Gasteiger partial charge in [-0.05, 0) is 49.9 Å². The lowest BCUT2D eigenvalue weighted by Gasteiger charge is -2.24. The third-order valence-corrected chi connectivity index (χ3v) is 7.21. The molecule has 4 aliphatic rings. The zero-order valence-electron chi connectivity index (χ0n) is 18.6. The third-order valence-electron chi connectivity index (χ3n) is 7.21. The summed E-state index contributed by atoms with van der Waals surface area (Å²) in [5.74, 6) is -2.32. The van der Waals surface area contributed by atoms with Crippen LogP contribution in [0, 0.1) is 25.7 Å². The molecule has 7 heteroatoms. The molecule has 0 aromatic heterocycles. The van der Waals surface area contributed by atoms with Crippen LogP contribution in [-0.2, 0) is 23.9 Å². The van der Waals surface area contributed by atoms with Crippen LogP contribution in [0.1, 0.15) is 43.2 Å². The van der Waals surface area contributed by atoms with Crippen LogP contribution in [0.15, 0.2) is 30.4 Å². The first-order valence-corrected chi connectivity index (χ1v) is 11.6. The van der Waals surface area contributed by atoms with E-state index in [9.17, 15) is 14.4 Å². The number of nitrogens with zero attached hydrogens (tertiary/aromatic N) is 1. The first-order valence-electron chi connectivity index (χ1n) is 11.6. The Morgan fingerprint density at radius 2 is 1.88 bits per heavy atom. The fraction of sp³-hybridized carbons (Fsp3) is 0.560. The van der Waals surface area contributed by atoms with Gasteiger partial charge in [-0.25, -0.2) is 0 Å². The summed E-state index contributed by atoms with van der Waals surface area (Å²) in [6.07, 6.45) is 8.65. The highest BCUT2D eigenvalue weighted by atomic mass is 16.6. The van der Waals surface area contributed by atoms with Gasteiger partial charge in [0, 0.05) is 11.7 Å². The van der Waals surface area contributed by atoms with Gasteiger partial charge in [-0.3, -0.25) is 14.4 Å². The van der Waals surface area contributed by atoms with Crippen molar-refractivity contribution in [3.63, 3.8) is 0 Å². The number of hydrogen-bond acceptors (Lipinski definition) is 5. The van der Waals surface area contributed by atoms with Crippen molar-refractivity contribution >= 4 is 23.5 Å². The van der Waals surface area contributed by atoms with Gasteiger partial charge in [0.25, 0.3) is 5.91 Å². The third kappa shape index (κ3) is 3.62. The van der Waals surface area contributed by atoms with E-state index in [2.05, 4.69) is 11.4 Å². The van der Waals surface area contributed by atoms with E-state index >= 15 is 0 Å². The summed E-state index contributed by atoms with van der Waals surface area (Å²) in [5.41, 5.74) is 2.15. The molecule has 0 unspecified atom stereocenters. The van der Waals surface area contributed by atoms with Gasteiger partial charge >= 0.3 is 5.97 Å². The Labute approximate surface area is 188 Å². The van der Waals surface area contributed by atoms with Crippen LogP contribution in [0.25, 0.3) is 0 Å². The maximum atomic E-state index is 13.4. The van der Waals surface area contributed by atoms with Crippen molar-refractivity contribution in [1.29, 1.82) is 0 Å². The van der Waals surface area contributed by atoms with E-state index in [1.165, 1.54) is 6.42 Å². The Balaban J connectivity index is 1.27. The standard InChI is InChI=1S/C25H30N2O5/c1-15-10-16(2)12-18(11-15)27-14-25-9-8-19(32-25)21(22(25)23(27)29)24(30)31-13-20(28)26-17-6-4-3-5-7-17/h8-12,17,19,21-22H,3-7,13-14H2,1-2H3,(H,26,28)/t19-,21-,22-,25-/m1/s1. The monoisotopic (exact) mass is 438 g/mol. The van der Waals surface area contributed by atoms with Crippen molar-refractivity contribution in [1.82, 2.24) is 5.32 Å². The summed E-state index contributed by atoms with van der Waals surface area (Å²) in [6, 6.07) is 6.17. The van der Waals surface area contributed by atoms with E-state index in [0.29, 0.717) is 6.54 Å². The number of nitrogens with one attached hydrogen (secondary N) is 1. The Morgan fingerprint density at radius 3 is 2.59 bits per heavy atom. The molecule has 5 rings (SSSR count). The van der Waals surface area contributed by atoms with Crippen LogP contribution in [0.3, 0.4) is 0 Å². The first kappa shape index (κ1) is 21.2. The fourth-order valence-electron chi connectivity index (χ4n) is 5.84. The predicted octanol–water partition coefficient (Wildman–Crippen LogP) is 2.58. The zero-order valence-corrected chi connectivity index (χ0v) is 18.6. The molecule has 1 aliphatic carbocycles. The summed E-state index contributed by atoms with van der Waals surface area (Å²) < 4.78 is 11.5. The van der Waals surface area contributed by atoms with Crippen LogP contribution in [0.2, 0.25) is 0 Å². The Bertz CT molecular complexity index is 962. The molecule has 3 fully saturated rings. The predicted molar refractivity (Wildman–Crippen MR) is 118 cm³/mol. The molecule has 7 nitrogen and oxygen atoms in total. The average molecular weight is 439 g/mol. The fourth-order valence-corrected chi connectivity index (χ4v) is 5.84. The number of carbonyl (C=O) groups is 3. The largest absolute Gasteiger partial charge is 0.455 e. The maximum Gasteiger partial charge on any atom is 0.313 e. The van der Waals surface area contributed by atoms with Gasteiger partial charge < -0.3 is 19.7 Å². The molecule has 1 aromatic carbocycles. The van der Waals surface area contributed by atoms with Gasteiger partial charge in [-0.2, -0.15) is 0 Å². The van der Waals surface area contributed by atoms with Gasteiger partial charge in [-0.15, -0.1) is 0 Å². The van der Waals surface area contributed by atoms with Crippen LogP contribution in [0.4, 0.5) is 5.69 Å². The second-order valence-electron chi connectivity index (χ2n) is 9.68. The number of esters is 1. The van der Waals surface area contributed by atoms with Crippen molar-refractivity contribution in [2.24, 2.45) is 11.8 Å². The van der Waals surface area contributed by atoms with Gasteiger partial charge in [0.2, 0.25) is 5.91 Å². The van der Waals surface area contributed by atoms with E-state index in [0.717, 1.165) is 42.5 Å². The van der Waals surface area contributed by atoms with E-state index in [1.54, 1.807) is 4.90 Å². The van der Waals surface area contributed by atoms with E-state index in [1.807, 2.05) is 38.1 Å². The summed E-state index contributed by atoms with van der Waals surface area (Å²) in [7, 11) is 0. The molecule has 4 atom stereocenters. The van der Waals surface area contributed by atoms with Gasteiger partial charge in [0.1, 0.15) is 11.5 Å². The second-order valence-corrected chi connectivity index (χ2v) is 9.68. The lowest BCUT2D eigenvalue weighted by Crippen LogP contribution is -2.42. The lowest BCUT2D eigenvalue weighted by atomic mass is 9.77. The van der Waals surface area contributed by atoms with Gasteiger partial charge in [0.15, 0.2) is 6.61 Å². The molecule has 1 N–H and O–H groups in total. The van der Waals surface area contributed by atoms with E-state index in [4.69, 9.17) is 9.47 Å². The summed E-state index contributed by atoms with van der Waals surface area (Å²) in [6.45, 7) is 4.04. The van der Waals surface area contributed by atoms with Crippen molar-refractivity contribution in [3.05, 3.63) is 41.5 Å². The molecule has 2 bridgehead atoms. The quantitative estimate of drug-likeness (QED) is 0.564. The van der Waals surface area contributed by atoms with Crippen LogP contribution < -0.4 is 10.2 Å². The Hall–Kier alpha value is -2.67. The number of carbonyl (C=O) groups excluding carboxylic acids is 3. The Kier molecular flexibility index (Phi) is 5.32. The molecular weight excluding hydrogens is 408 g/mol. The molecule has 3 aliphatic heterocycles. The molecule has 3 heterocycles. The SMILES string of the molecule is Cc1cc(C)cc(N2C[C@@]34C=C[C@@H](O3)[C@@H](C(=O)OCC(=O)NC3CCCCC3)[C@@H]4C2=O)c1. The highest BCUT2D eigenvalue weighted by molar-refractivity contribution is 6.02. The summed E-state index contributed by atoms with van der Waals surface area (Å²) in [4.78, 5) is 40.4. The molecule has 2 amide bonds. The number of amides is 2. The molecule has 170 valence electrons. The van der Waals surface area contributed by atoms with Crippen molar-refractivity contribution < 1.29 is 23.9 Å². The number of hydrogen-bond donors (Lipinski definition) is 1. The first-order chi connectivity index (χ1) is 15.4. The highest BCUT2D eigenvalue weighted by Crippen LogP contribution is 2.53. The lowest BCUT2D eigenvalue weighted by molar-refractivity contribution is -0.155. The summed E-state index contributed by atoms with van der Waals surface area (Å²) in [5, 5.41) is 2.96. The maximum absolute atomic E-state index is 13.4. The van der Waals surface area contributed by atoms with Crippen LogP contribution in [-0.4, -0.2) is 48.7 Å². The van der Waals surface area contributed by atoms with Crippen LogP contribution >= 0.6 is 0 Å². The molecule has 2 saturated heterocycles. The summed E-state index contributed by atoms with van der Waals surface area (Å²) >= 11 is 0. The normalized spacial score (nSPS) is 31.1. The number of benzene rings is 1. The molecular formula is C25H30N2O5. The number of fused-ring (bicyclic) bond motifs is 1. The van der Waals surface area contributed by atoms with Gasteiger partial charge in [0.05, 0.1) is 18.6 Å². The van der Waals surface area contributed by atoms with Gasteiger partial charge in [-0.1, -0.05) is 37.5 Å². The number of rotatable bonds is 5. The average Bonchev–Trinajstić information content (AvgIpc) is 3.40. The Morgan fingerprint density at radius 1 is 1.16 bits per heavy atom. The number of ether oxygens (including phenoxy) is 2. The van der Waals surface area contributed by atoms with Crippen molar-refractivity contribution in [2.45, 2.75) is 63.7 Å². The van der Waals surface area contributed by atoms with Crippen LogP contribution in [0.5, 0.6) is 0 Å². The smallest absolute Gasteiger partial charge is 0.313 e. The molecule has 1 saturated carbocycles. The van der Waals surface area contributed by atoms with Crippen molar-refractivity contribution in [2.75, 3.05) is 18.1 Å². The molecule has 32 heavy (non-hydrogen) atoms. The van der Waals surface area contributed by atoms with Crippen molar-refractivity contribution in [3.8, 4) is 0 Å². The topological polar surface area (TPSA) is 84.9 Å².